The molecule has 7 nitrogen and oxygen atoms in total. The van der Waals surface area contributed by atoms with Crippen LogP contribution in [0.3, 0.4) is 0 Å². The topological polar surface area (TPSA) is 57.5 Å². The lowest BCUT2D eigenvalue weighted by atomic mass is 9.96. The quantitative estimate of drug-likeness (QED) is 0.624. The van der Waals surface area contributed by atoms with E-state index in [0.717, 1.165) is 48.4 Å². The van der Waals surface area contributed by atoms with Crippen LogP contribution in [0.5, 0.6) is 0 Å². The highest BCUT2D eigenvalue weighted by Gasteiger charge is 2.32. The van der Waals surface area contributed by atoms with Crippen molar-refractivity contribution in [2.75, 3.05) is 49.1 Å². The van der Waals surface area contributed by atoms with Gasteiger partial charge in [-0.25, -0.2) is 4.39 Å². The van der Waals surface area contributed by atoms with Crippen LogP contribution in [-0.4, -0.2) is 64.8 Å². The van der Waals surface area contributed by atoms with Gasteiger partial charge >= 0.3 is 0 Å². The molecule has 1 amide bonds. The first-order valence-corrected chi connectivity index (χ1v) is 11.5. The van der Waals surface area contributed by atoms with Crippen molar-refractivity contribution in [3.8, 4) is 5.13 Å². The van der Waals surface area contributed by atoms with Crippen molar-refractivity contribution < 1.29 is 9.18 Å². The monoisotopic (exact) mass is 440 g/mol. The molecule has 162 valence electrons. The number of amides is 1. The van der Waals surface area contributed by atoms with Gasteiger partial charge in [0.25, 0.3) is 0 Å². The number of piperazine rings is 1. The van der Waals surface area contributed by atoms with Gasteiger partial charge in [0.2, 0.25) is 16.2 Å². The van der Waals surface area contributed by atoms with Gasteiger partial charge in [0.1, 0.15) is 5.82 Å². The van der Waals surface area contributed by atoms with Gasteiger partial charge in [-0.2, -0.15) is 0 Å². The third kappa shape index (κ3) is 4.27. The number of carbonyl (C=O) groups excluding carboxylic acids is 1. The van der Waals surface area contributed by atoms with Crippen molar-refractivity contribution in [1.82, 2.24) is 19.7 Å². The van der Waals surface area contributed by atoms with Crippen LogP contribution in [0.25, 0.3) is 5.13 Å². The van der Waals surface area contributed by atoms with Crippen LogP contribution in [0.2, 0.25) is 0 Å². The largest absolute Gasteiger partial charge is 0.368 e. The average Bonchev–Trinajstić information content (AvgIpc) is 3.52. The van der Waals surface area contributed by atoms with Crippen molar-refractivity contribution >= 4 is 28.1 Å². The molecule has 0 aliphatic carbocycles. The highest BCUT2D eigenvalue weighted by atomic mass is 32.1. The molecule has 3 aromatic rings. The van der Waals surface area contributed by atoms with Gasteiger partial charge in [-0.3, -0.25) is 9.36 Å². The maximum absolute atomic E-state index is 13.2. The van der Waals surface area contributed by atoms with E-state index in [1.54, 1.807) is 23.5 Å². The maximum Gasteiger partial charge on any atom is 0.227 e. The number of halogens is 1. The van der Waals surface area contributed by atoms with E-state index < -0.39 is 0 Å². The van der Waals surface area contributed by atoms with Gasteiger partial charge < -0.3 is 14.7 Å². The summed E-state index contributed by atoms with van der Waals surface area (Å²) >= 11 is 1.55. The molecule has 0 saturated carbocycles. The minimum absolute atomic E-state index is 0.00921. The van der Waals surface area contributed by atoms with E-state index in [4.69, 9.17) is 0 Å². The van der Waals surface area contributed by atoms with E-state index in [9.17, 15) is 9.18 Å². The predicted molar refractivity (Wildman–Crippen MR) is 119 cm³/mol. The van der Waals surface area contributed by atoms with Gasteiger partial charge in [-0.1, -0.05) is 11.3 Å². The molecule has 0 bridgehead atoms. The van der Waals surface area contributed by atoms with Crippen molar-refractivity contribution in [2.45, 2.75) is 12.8 Å². The SMILES string of the molecule is O=C(C1CCCN(c2nnc(-n3cccc3)s2)C1)N1CCN(c2ccc(F)cc2)CC1. The second kappa shape index (κ2) is 8.66. The van der Waals surface area contributed by atoms with E-state index in [-0.39, 0.29) is 17.6 Å². The van der Waals surface area contributed by atoms with Gasteiger partial charge in [0, 0.05) is 57.3 Å². The maximum atomic E-state index is 13.2. The molecule has 1 unspecified atom stereocenters. The average molecular weight is 441 g/mol. The van der Waals surface area contributed by atoms with E-state index in [0.29, 0.717) is 19.6 Å². The summed E-state index contributed by atoms with van der Waals surface area (Å²) in [5.41, 5.74) is 1.01. The van der Waals surface area contributed by atoms with Crippen LogP contribution < -0.4 is 9.80 Å². The molecular formula is C22H25FN6OS. The summed E-state index contributed by atoms with van der Waals surface area (Å²) in [5, 5.41) is 10.4. The van der Waals surface area contributed by atoms with Crippen LogP contribution in [0, 0.1) is 11.7 Å². The Hall–Kier alpha value is -2.94. The molecule has 1 aromatic carbocycles. The normalized spacial score (nSPS) is 19.6. The van der Waals surface area contributed by atoms with Gasteiger partial charge in [0.15, 0.2) is 0 Å². The third-order valence-corrected chi connectivity index (χ3v) is 7.05. The van der Waals surface area contributed by atoms with Crippen LogP contribution in [-0.2, 0) is 4.79 Å². The van der Waals surface area contributed by atoms with E-state index in [2.05, 4.69) is 20.0 Å². The van der Waals surface area contributed by atoms with Gasteiger partial charge in [-0.05, 0) is 49.2 Å². The molecule has 2 aromatic heterocycles. The predicted octanol–water partition coefficient (Wildman–Crippen LogP) is 3.03. The number of anilines is 2. The van der Waals surface area contributed by atoms with Crippen molar-refractivity contribution in [1.29, 1.82) is 0 Å². The molecular weight excluding hydrogens is 415 g/mol. The Morgan fingerprint density at radius 2 is 1.65 bits per heavy atom. The van der Waals surface area contributed by atoms with Gasteiger partial charge in [0.05, 0.1) is 5.92 Å². The number of hydrogen-bond donors (Lipinski definition) is 0. The Morgan fingerprint density at radius 1 is 0.935 bits per heavy atom. The number of carbonyl (C=O) groups is 1. The Kier molecular flexibility index (Phi) is 5.59. The number of aromatic nitrogens is 3. The molecule has 2 aliphatic rings. The van der Waals surface area contributed by atoms with Crippen LogP contribution in [0.15, 0.2) is 48.8 Å². The van der Waals surface area contributed by atoms with Crippen LogP contribution in [0.4, 0.5) is 15.2 Å². The minimum atomic E-state index is -0.227. The van der Waals surface area contributed by atoms with Crippen molar-refractivity contribution in [3.05, 3.63) is 54.6 Å². The first-order valence-electron chi connectivity index (χ1n) is 10.7. The number of benzene rings is 1. The first kappa shape index (κ1) is 20.0. The summed E-state index contributed by atoms with van der Waals surface area (Å²) in [6, 6.07) is 10.5. The number of hydrogen-bond acceptors (Lipinski definition) is 6. The second-order valence-corrected chi connectivity index (χ2v) is 8.97. The number of rotatable bonds is 4. The van der Waals surface area contributed by atoms with E-state index in [1.807, 2.05) is 34.0 Å². The Morgan fingerprint density at radius 3 is 2.39 bits per heavy atom. The second-order valence-electron chi connectivity index (χ2n) is 8.03. The fourth-order valence-corrected chi connectivity index (χ4v) is 5.20. The van der Waals surface area contributed by atoms with Gasteiger partial charge in [-0.15, -0.1) is 10.2 Å². The summed E-state index contributed by atoms with van der Waals surface area (Å²) in [7, 11) is 0. The summed E-state index contributed by atoms with van der Waals surface area (Å²) in [6.45, 7) is 4.53. The molecule has 2 aliphatic heterocycles. The first-order chi connectivity index (χ1) is 15.2. The summed E-state index contributed by atoms with van der Waals surface area (Å²) in [5.74, 6) is -0.000943. The molecule has 2 saturated heterocycles. The fraction of sp³-hybridized carbons (Fsp3) is 0.409. The highest BCUT2D eigenvalue weighted by molar-refractivity contribution is 7.17. The molecule has 4 heterocycles. The Balaban J connectivity index is 1.19. The smallest absolute Gasteiger partial charge is 0.227 e. The highest BCUT2D eigenvalue weighted by Crippen LogP contribution is 2.29. The lowest BCUT2D eigenvalue weighted by molar-refractivity contribution is -0.136. The zero-order valence-corrected chi connectivity index (χ0v) is 18.0. The Labute approximate surface area is 184 Å². The molecule has 31 heavy (non-hydrogen) atoms. The van der Waals surface area contributed by atoms with E-state index in [1.165, 1.54) is 12.1 Å². The fourth-order valence-electron chi connectivity index (χ4n) is 4.35. The molecule has 0 N–H and O–H groups in total. The minimum Gasteiger partial charge on any atom is -0.368 e. The molecule has 2 fully saturated rings. The zero-order valence-electron chi connectivity index (χ0n) is 17.2. The summed E-state index contributed by atoms with van der Waals surface area (Å²) < 4.78 is 15.1. The number of piperidine rings is 1. The molecule has 1 atom stereocenters. The third-order valence-electron chi connectivity index (χ3n) is 6.05. The number of nitrogens with zero attached hydrogens (tertiary/aromatic N) is 6. The van der Waals surface area contributed by atoms with Crippen molar-refractivity contribution in [3.63, 3.8) is 0 Å². The van der Waals surface area contributed by atoms with Crippen molar-refractivity contribution in [2.24, 2.45) is 5.92 Å². The standard InChI is InChI=1S/C22H25FN6OS/c23-18-5-7-19(8-6-18)26-12-14-27(15-13-26)20(30)17-4-3-11-29(16-17)22-25-24-21(31-22)28-9-1-2-10-28/h1-2,5-10,17H,3-4,11-16H2. The lowest BCUT2D eigenvalue weighted by Crippen LogP contribution is -2.52. The summed E-state index contributed by atoms with van der Waals surface area (Å²) in [4.78, 5) is 19.6. The van der Waals surface area contributed by atoms with E-state index >= 15 is 0 Å². The molecule has 0 radical (unpaired) electrons. The Bertz CT molecular complexity index is 1010. The van der Waals surface area contributed by atoms with Crippen LogP contribution >= 0.6 is 11.3 Å². The molecule has 0 spiro atoms. The lowest BCUT2D eigenvalue weighted by Gasteiger charge is -2.39. The van der Waals surface area contributed by atoms with Crippen LogP contribution in [0.1, 0.15) is 12.8 Å². The zero-order chi connectivity index (χ0) is 21.2. The summed E-state index contributed by atoms with van der Waals surface area (Å²) in [6.07, 6.45) is 5.80. The molecule has 9 heteroatoms. The molecule has 5 rings (SSSR count).